The Hall–Kier alpha value is -3.82. The van der Waals surface area contributed by atoms with Crippen molar-refractivity contribution in [3.05, 3.63) is 83.7 Å². The maximum absolute atomic E-state index is 12.9. The van der Waals surface area contributed by atoms with E-state index in [4.69, 9.17) is 4.74 Å². The van der Waals surface area contributed by atoms with Crippen LogP contribution in [0.15, 0.2) is 71.8 Å². The summed E-state index contributed by atoms with van der Waals surface area (Å²) in [6, 6.07) is 12.6. The predicted molar refractivity (Wildman–Crippen MR) is 149 cm³/mol. The largest absolute Gasteiger partial charge is 0.487 e. The summed E-state index contributed by atoms with van der Waals surface area (Å²) in [6.45, 7) is -2.07. The lowest BCUT2D eigenvalue weighted by atomic mass is 10.1. The van der Waals surface area contributed by atoms with Gasteiger partial charge in [-0.2, -0.15) is 22.0 Å². The van der Waals surface area contributed by atoms with Crippen LogP contribution in [0.5, 0.6) is 5.75 Å². The molecule has 1 fully saturated rings. The van der Waals surface area contributed by atoms with Gasteiger partial charge in [-0.05, 0) is 54.1 Å². The molecular formula is C29H30F5N3O6S. The molecule has 1 saturated heterocycles. The summed E-state index contributed by atoms with van der Waals surface area (Å²) >= 11 is 0. The van der Waals surface area contributed by atoms with Crippen LogP contribution in [0.25, 0.3) is 0 Å². The topological polar surface area (TPSA) is 118 Å². The van der Waals surface area contributed by atoms with E-state index in [0.29, 0.717) is 11.3 Å². The number of benzene rings is 2. The number of aromatic nitrogens is 1. The standard InChI is InChI=1S/C29H30F5N3O6S/c1-2-44(40,41)24-10-5-18(6-11-24)25(16-38)36-27(39)19-3-7-20(8-4-19)37-15-23(13-21(37)17-42-28(30)31)43-22-9-12-26(35-14-22)29(32,33)34/h3-12,14,21,23,25,28,38H,2,13,15-17H2,1H3,(H,36,39)/t21-,23-,25?/m0/s1. The number of carbonyl (C=O) groups excluding carboxylic acids is 1. The average molecular weight is 644 g/mol. The molecule has 9 nitrogen and oxygen atoms in total. The molecule has 0 spiro atoms. The molecule has 0 aliphatic carbocycles. The third kappa shape index (κ3) is 8.21. The summed E-state index contributed by atoms with van der Waals surface area (Å²) in [6.07, 6.45) is -4.00. The van der Waals surface area contributed by atoms with E-state index in [9.17, 15) is 40.3 Å². The lowest BCUT2D eigenvalue weighted by Gasteiger charge is -2.26. The van der Waals surface area contributed by atoms with Crippen LogP contribution in [-0.4, -0.2) is 68.7 Å². The second-order valence-electron chi connectivity index (χ2n) is 9.98. The fourth-order valence-electron chi connectivity index (χ4n) is 4.78. The molecule has 44 heavy (non-hydrogen) atoms. The highest BCUT2D eigenvalue weighted by Crippen LogP contribution is 2.31. The Labute approximate surface area is 250 Å². The fourth-order valence-corrected chi connectivity index (χ4v) is 5.67. The molecular weight excluding hydrogens is 613 g/mol. The molecule has 4 rings (SSSR count). The van der Waals surface area contributed by atoms with E-state index in [0.717, 1.165) is 18.3 Å². The lowest BCUT2D eigenvalue weighted by molar-refractivity contribution is -0.141. The molecule has 1 aliphatic rings. The predicted octanol–water partition coefficient (Wildman–Crippen LogP) is 4.62. The molecule has 0 radical (unpaired) electrons. The van der Waals surface area contributed by atoms with Crippen molar-refractivity contribution in [3.63, 3.8) is 0 Å². The van der Waals surface area contributed by atoms with Gasteiger partial charge < -0.3 is 24.8 Å². The third-order valence-corrected chi connectivity index (χ3v) is 8.84. The van der Waals surface area contributed by atoms with Gasteiger partial charge in [-0.15, -0.1) is 0 Å². The molecule has 2 aromatic carbocycles. The fraction of sp³-hybridized carbons (Fsp3) is 0.379. The minimum Gasteiger partial charge on any atom is -0.487 e. The van der Waals surface area contributed by atoms with Crippen LogP contribution < -0.4 is 15.0 Å². The molecule has 1 aliphatic heterocycles. The number of sulfone groups is 1. The molecule has 238 valence electrons. The molecule has 2 heterocycles. The van der Waals surface area contributed by atoms with Gasteiger partial charge in [-0.3, -0.25) is 4.79 Å². The minimum atomic E-state index is -4.60. The zero-order valence-electron chi connectivity index (χ0n) is 23.4. The molecule has 3 aromatic rings. The molecule has 1 unspecified atom stereocenters. The highest BCUT2D eigenvalue weighted by Gasteiger charge is 2.35. The molecule has 0 bridgehead atoms. The second-order valence-corrected chi connectivity index (χ2v) is 12.3. The van der Waals surface area contributed by atoms with E-state index >= 15 is 0 Å². The number of amides is 1. The van der Waals surface area contributed by atoms with Crippen LogP contribution in [0.3, 0.4) is 0 Å². The number of nitrogens with one attached hydrogen (secondary N) is 1. The number of hydrogen-bond acceptors (Lipinski definition) is 8. The summed E-state index contributed by atoms with van der Waals surface area (Å²) < 4.78 is 98.5. The zero-order valence-corrected chi connectivity index (χ0v) is 24.2. The first-order valence-electron chi connectivity index (χ1n) is 13.5. The summed E-state index contributed by atoms with van der Waals surface area (Å²) in [5.74, 6) is -0.495. The van der Waals surface area contributed by atoms with Crippen molar-refractivity contribution < 1.29 is 49.7 Å². The van der Waals surface area contributed by atoms with Crippen molar-refractivity contribution in [2.24, 2.45) is 0 Å². The van der Waals surface area contributed by atoms with Crippen molar-refractivity contribution in [1.82, 2.24) is 10.3 Å². The van der Waals surface area contributed by atoms with E-state index in [1.807, 2.05) is 0 Å². The second kappa shape index (κ2) is 13.9. The average Bonchev–Trinajstić information content (AvgIpc) is 3.41. The monoisotopic (exact) mass is 643 g/mol. The number of carbonyl (C=O) groups is 1. The van der Waals surface area contributed by atoms with Crippen LogP contribution in [0.2, 0.25) is 0 Å². The summed E-state index contributed by atoms with van der Waals surface area (Å²) in [5.41, 5.74) is 0.227. The van der Waals surface area contributed by atoms with Crippen LogP contribution in [0.1, 0.15) is 41.0 Å². The van der Waals surface area contributed by atoms with Crippen molar-refractivity contribution >= 4 is 21.4 Å². The number of pyridine rings is 1. The van der Waals surface area contributed by atoms with Gasteiger partial charge in [-0.25, -0.2) is 13.4 Å². The number of alkyl halides is 5. The molecule has 2 N–H and O–H groups in total. The number of halogens is 5. The molecule has 3 atom stereocenters. The maximum Gasteiger partial charge on any atom is 0.433 e. The van der Waals surface area contributed by atoms with Gasteiger partial charge in [0, 0.05) is 17.7 Å². The number of rotatable bonds is 12. The Bertz CT molecular complexity index is 1500. The van der Waals surface area contributed by atoms with Crippen LogP contribution in [0.4, 0.5) is 27.6 Å². The highest BCUT2D eigenvalue weighted by atomic mass is 32.2. The first-order chi connectivity index (χ1) is 20.8. The quantitative estimate of drug-likeness (QED) is 0.275. The number of ether oxygens (including phenoxy) is 2. The smallest absolute Gasteiger partial charge is 0.433 e. The Morgan fingerprint density at radius 3 is 2.32 bits per heavy atom. The Morgan fingerprint density at radius 2 is 1.77 bits per heavy atom. The van der Waals surface area contributed by atoms with Gasteiger partial charge in [0.2, 0.25) is 0 Å². The van der Waals surface area contributed by atoms with Gasteiger partial charge in [-0.1, -0.05) is 19.1 Å². The number of aliphatic hydroxyl groups is 1. The summed E-state index contributed by atoms with van der Waals surface area (Å²) in [4.78, 5) is 18.2. The zero-order chi connectivity index (χ0) is 32.1. The van der Waals surface area contributed by atoms with Crippen molar-refractivity contribution in [2.45, 2.75) is 49.2 Å². The summed E-state index contributed by atoms with van der Waals surface area (Å²) in [7, 11) is -3.41. The Morgan fingerprint density at radius 1 is 1.09 bits per heavy atom. The minimum absolute atomic E-state index is 0.0652. The van der Waals surface area contributed by atoms with Crippen molar-refractivity contribution in [3.8, 4) is 5.75 Å². The third-order valence-electron chi connectivity index (χ3n) is 7.09. The van der Waals surface area contributed by atoms with Gasteiger partial charge >= 0.3 is 12.8 Å². The number of hydrogen-bond donors (Lipinski definition) is 2. The van der Waals surface area contributed by atoms with Crippen LogP contribution in [-0.2, 0) is 20.8 Å². The van der Waals surface area contributed by atoms with Gasteiger partial charge in [0.25, 0.3) is 5.91 Å². The number of nitrogens with zero attached hydrogens (tertiary/aromatic N) is 2. The lowest BCUT2D eigenvalue weighted by Crippen LogP contribution is -2.34. The van der Waals surface area contributed by atoms with E-state index in [1.165, 1.54) is 43.3 Å². The Balaban J connectivity index is 1.44. The van der Waals surface area contributed by atoms with Crippen molar-refractivity contribution in [2.75, 3.05) is 30.4 Å². The van der Waals surface area contributed by atoms with E-state index < -0.39 is 59.0 Å². The van der Waals surface area contributed by atoms with E-state index in [-0.39, 0.29) is 41.5 Å². The highest BCUT2D eigenvalue weighted by molar-refractivity contribution is 7.91. The maximum atomic E-state index is 12.9. The van der Waals surface area contributed by atoms with Crippen LogP contribution in [0, 0.1) is 0 Å². The normalized spacial score (nSPS) is 18.0. The van der Waals surface area contributed by atoms with E-state index in [2.05, 4.69) is 15.0 Å². The Kier molecular flexibility index (Phi) is 10.4. The van der Waals surface area contributed by atoms with Crippen molar-refractivity contribution in [1.29, 1.82) is 0 Å². The first kappa shape index (κ1) is 33.1. The van der Waals surface area contributed by atoms with E-state index in [1.54, 1.807) is 17.0 Å². The van der Waals surface area contributed by atoms with Crippen LogP contribution >= 0.6 is 0 Å². The molecule has 1 aromatic heterocycles. The van der Waals surface area contributed by atoms with Gasteiger partial charge in [0.15, 0.2) is 9.84 Å². The summed E-state index contributed by atoms with van der Waals surface area (Å²) in [5, 5.41) is 12.6. The molecule has 0 saturated carbocycles. The molecule has 15 heteroatoms. The number of anilines is 1. The SMILES string of the molecule is CCS(=O)(=O)c1ccc(C(CO)NC(=O)c2ccc(N3C[C@@H](Oc4ccc(C(F)(F)F)nc4)C[C@H]3COC(F)F)cc2)cc1. The molecule has 1 amide bonds. The van der Waals surface area contributed by atoms with Gasteiger partial charge in [0.1, 0.15) is 17.5 Å². The first-order valence-corrected chi connectivity index (χ1v) is 15.2. The van der Waals surface area contributed by atoms with Gasteiger partial charge in [0.05, 0.1) is 48.7 Å². The number of aliphatic hydroxyl groups excluding tert-OH is 1.